The van der Waals surface area contributed by atoms with E-state index >= 15 is 0 Å². The highest BCUT2D eigenvalue weighted by molar-refractivity contribution is 8.01. The van der Waals surface area contributed by atoms with Gasteiger partial charge < -0.3 is 10.4 Å². The minimum absolute atomic E-state index is 0.141. The highest BCUT2D eigenvalue weighted by Crippen LogP contribution is 2.45. The average molecular weight is 317 g/mol. The number of aryl methyl sites for hydroxylation is 1. The summed E-state index contributed by atoms with van der Waals surface area (Å²) in [6.45, 7) is 1.89. The van der Waals surface area contributed by atoms with Gasteiger partial charge in [0.2, 0.25) is 5.91 Å². The van der Waals surface area contributed by atoms with E-state index in [4.69, 9.17) is 5.11 Å². The summed E-state index contributed by atoms with van der Waals surface area (Å²) in [5.41, 5.74) is 2.79. The molecule has 1 aliphatic heterocycles. The van der Waals surface area contributed by atoms with Gasteiger partial charge in [-0.15, -0.1) is 11.8 Å². The van der Waals surface area contributed by atoms with Crippen molar-refractivity contribution in [2.45, 2.75) is 23.8 Å². The van der Waals surface area contributed by atoms with Gasteiger partial charge in [0.25, 0.3) is 0 Å². The van der Waals surface area contributed by atoms with Crippen LogP contribution in [-0.2, 0) is 9.59 Å². The lowest BCUT2D eigenvalue weighted by Gasteiger charge is -2.18. The fraction of sp³-hybridized carbons (Fsp3) is 0.267. The van der Waals surface area contributed by atoms with Crippen molar-refractivity contribution in [3.05, 3.63) is 47.2 Å². The molecule has 1 aromatic carbocycles. The highest BCUT2D eigenvalue weighted by Gasteiger charge is 2.35. The number of hydrogen-bond acceptors (Lipinski definition) is 4. The maximum absolute atomic E-state index is 12.2. The zero-order chi connectivity index (χ0) is 15.7. The number of benzene rings is 1. The van der Waals surface area contributed by atoms with Crippen molar-refractivity contribution in [1.82, 2.24) is 10.2 Å². The molecular weight excluding hydrogens is 302 g/mol. The van der Waals surface area contributed by atoms with Crippen LogP contribution in [0.15, 0.2) is 30.3 Å². The lowest BCUT2D eigenvalue weighted by molar-refractivity contribution is -0.138. The number of hydrogen-bond donors (Lipinski definition) is 3. The van der Waals surface area contributed by atoms with Gasteiger partial charge in [-0.25, -0.2) is 0 Å². The maximum Gasteiger partial charge on any atom is 0.305 e. The van der Waals surface area contributed by atoms with E-state index < -0.39 is 11.2 Å². The van der Waals surface area contributed by atoms with Crippen molar-refractivity contribution >= 4 is 29.5 Å². The number of nitrogens with zero attached hydrogens (tertiary/aromatic N) is 1. The second kappa shape index (κ2) is 5.84. The number of nitrogens with one attached hydrogen (secondary N) is 2. The summed E-state index contributed by atoms with van der Waals surface area (Å²) in [5.74, 6) is -0.826. The van der Waals surface area contributed by atoms with Crippen molar-refractivity contribution in [2.75, 3.05) is 5.32 Å². The molecular formula is C15H15N3O3S. The number of aromatic nitrogens is 2. The van der Waals surface area contributed by atoms with Gasteiger partial charge in [0.05, 0.1) is 16.9 Å². The molecule has 2 aromatic rings. The number of thioether (sulfide) groups is 1. The second-order valence-electron chi connectivity index (χ2n) is 5.11. The van der Waals surface area contributed by atoms with E-state index in [2.05, 4.69) is 15.5 Å². The number of anilines is 1. The minimum Gasteiger partial charge on any atom is -0.481 e. The van der Waals surface area contributed by atoms with Crippen molar-refractivity contribution in [3.8, 4) is 0 Å². The normalized spacial score (nSPS) is 20.9. The van der Waals surface area contributed by atoms with Crippen LogP contribution in [0.25, 0.3) is 0 Å². The largest absolute Gasteiger partial charge is 0.481 e. The second-order valence-corrected chi connectivity index (χ2v) is 6.43. The Morgan fingerprint density at radius 3 is 2.77 bits per heavy atom. The molecule has 0 saturated carbocycles. The van der Waals surface area contributed by atoms with Gasteiger partial charge in [0.1, 0.15) is 0 Å². The standard InChI is InChI=1S/C15H15N3O3S/c1-8-12-13(9-5-3-2-4-6-9)22-10(7-11(19)20)15(21)16-14(12)18-17-8/h2-6,10,13H,7H2,1H3,(H,19,20)(H2,16,17,18,21). The molecule has 2 atom stereocenters. The Kier molecular flexibility index (Phi) is 3.89. The molecule has 2 unspecified atom stereocenters. The third kappa shape index (κ3) is 2.71. The van der Waals surface area contributed by atoms with E-state index in [0.29, 0.717) is 5.82 Å². The summed E-state index contributed by atoms with van der Waals surface area (Å²) in [5, 5.41) is 18.0. The Balaban J connectivity index is 2.05. The van der Waals surface area contributed by atoms with E-state index in [1.807, 2.05) is 37.3 Å². The van der Waals surface area contributed by atoms with Crippen molar-refractivity contribution in [1.29, 1.82) is 0 Å². The van der Waals surface area contributed by atoms with Gasteiger partial charge in [-0.2, -0.15) is 5.10 Å². The van der Waals surface area contributed by atoms with Gasteiger partial charge >= 0.3 is 5.97 Å². The molecule has 0 radical (unpaired) electrons. The average Bonchev–Trinajstić information content (AvgIpc) is 2.77. The van der Waals surface area contributed by atoms with Crippen LogP contribution in [0.2, 0.25) is 0 Å². The number of aromatic amines is 1. The topological polar surface area (TPSA) is 95.1 Å². The first-order valence-corrected chi connectivity index (χ1v) is 7.78. The Hall–Kier alpha value is -2.28. The Morgan fingerprint density at radius 1 is 1.36 bits per heavy atom. The fourth-order valence-electron chi connectivity index (χ4n) is 2.52. The van der Waals surface area contributed by atoms with Crippen LogP contribution in [-0.4, -0.2) is 32.4 Å². The lowest BCUT2D eigenvalue weighted by Crippen LogP contribution is -2.26. The molecule has 114 valence electrons. The van der Waals surface area contributed by atoms with Crippen molar-refractivity contribution < 1.29 is 14.7 Å². The number of aliphatic carboxylic acids is 1. The quantitative estimate of drug-likeness (QED) is 0.807. The van der Waals surface area contributed by atoms with Gasteiger partial charge in [0, 0.05) is 11.3 Å². The predicted molar refractivity (Wildman–Crippen MR) is 83.9 cm³/mol. The number of carbonyl (C=O) groups excluding carboxylic acids is 1. The SMILES string of the molecule is Cc1[nH]nc2c1C(c1ccccc1)SC(CC(=O)O)C(=O)N2. The Bertz CT molecular complexity index is 714. The van der Waals surface area contributed by atoms with Gasteiger partial charge in [-0.3, -0.25) is 14.7 Å². The molecule has 0 fully saturated rings. The van der Waals surface area contributed by atoms with Gasteiger partial charge in [0.15, 0.2) is 5.82 Å². The molecule has 0 spiro atoms. The van der Waals surface area contributed by atoms with E-state index in [-0.39, 0.29) is 17.6 Å². The van der Waals surface area contributed by atoms with Crippen molar-refractivity contribution in [3.63, 3.8) is 0 Å². The van der Waals surface area contributed by atoms with E-state index in [0.717, 1.165) is 16.8 Å². The number of fused-ring (bicyclic) bond motifs is 1. The summed E-state index contributed by atoms with van der Waals surface area (Å²) in [6.07, 6.45) is -0.215. The summed E-state index contributed by atoms with van der Waals surface area (Å²) in [7, 11) is 0. The molecule has 22 heavy (non-hydrogen) atoms. The molecule has 0 aliphatic carbocycles. The van der Waals surface area contributed by atoms with E-state index in [1.165, 1.54) is 11.8 Å². The van der Waals surface area contributed by atoms with Crippen LogP contribution in [0.5, 0.6) is 0 Å². The Morgan fingerprint density at radius 2 is 2.09 bits per heavy atom. The fourth-order valence-corrected chi connectivity index (χ4v) is 4.01. The van der Waals surface area contributed by atoms with Crippen molar-refractivity contribution in [2.24, 2.45) is 0 Å². The minimum atomic E-state index is -0.989. The first kappa shape index (κ1) is 14.6. The first-order chi connectivity index (χ1) is 10.6. The lowest BCUT2D eigenvalue weighted by atomic mass is 10.0. The molecule has 6 nitrogen and oxygen atoms in total. The molecule has 0 saturated heterocycles. The number of carboxylic acid groups (broad SMARTS) is 1. The molecule has 2 heterocycles. The van der Waals surface area contributed by atoms with Crippen LogP contribution in [0.3, 0.4) is 0 Å². The summed E-state index contributed by atoms with van der Waals surface area (Å²) in [4.78, 5) is 23.3. The summed E-state index contributed by atoms with van der Waals surface area (Å²) < 4.78 is 0. The zero-order valence-corrected chi connectivity index (χ0v) is 12.7. The highest BCUT2D eigenvalue weighted by atomic mass is 32.2. The first-order valence-electron chi connectivity index (χ1n) is 6.84. The number of carbonyl (C=O) groups is 2. The molecule has 0 bridgehead atoms. The molecule has 3 rings (SSSR count). The third-order valence-corrected chi connectivity index (χ3v) is 5.04. The van der Waals surface area contributed by atoms with Gasteiger partial charge in [-0.1, -0.05) is 30.3 Å². The Labute approximate surface area is 131 Å². The zero-order valence-electron chi connectivity index (χ0n) is 11.9. The van der Waals surface area contributed by atoms with Crippen LogP contribution in [0.4, 0.5) is 5.82 Å². The number of amides is 1. The smallest absolute Gasteiger partial charge is 0.305 e. The summed E-state index contributed by atoms with van der Waals surface area (Å²) in [6, 6.07) is 9.73. The van der Waals surface area contributed by atoms with Crippen LogP contribution >= 0.6 is 11.8 Å². The molecule has 3 N–H and O–H groups in total. The third-order valence-electron chi connectivity index (χ3n) is 3.55. The molecule has 1 amide bonds. The van der Waals surface area contributed by atoms with E-state index in [9.17, 15) is 9.59 Å². The summed E-state index contributed by atoms with van der Waals surface area (Å²) >= 11 is 1.35. The predicted octanol–water partition coefficient (Wildman–Crippen LogP) is 2.34. The monoisotopic (exact) mass is 317 g/mol. The van der Waals surface area contributed by atoms with Crippen LogP contribution in [0, 0.1) is 6.92 Å². The maximum atomic E-state index is 12.2. The van der Waals surface area contributed by atoms with Gasteiger partial charge in [-0.05, 0) is 12.5 Å². The number of H-pyrrole nitrogens is 1. The van der Waals surface area contributed by atoms with Crippen LogP contribution < -0.4 is 5.32 Å². The van der Waals surface area contributed by atoms with Crippen LogP contribution in [0.1, 0.15) is 28.5 Å². The molecule has 1 aliphatic rings. The molecule has 7 heteroatoms. The molecule has 1 aromatic heterocycles. The number of rotatable bonds is 3. The van der Waals surface area contributed by atoms with E-state index in [1.54, 1.807) is 0 Å². The number of carboxylic acids is 1.